The highest BCUT2D eigenvalue weighted by Gasteiger charge is 2.37. The number of methoxy groups -OCH3 is 1. The van der Waals surface area contributed by atoms with E-state index >= 15 is 4.79 Å². The first-order valence-electron chi connectivity index (χ1n) is 19.8. The number of carbonyl (C=O) groups is 1. The van der Waals surface area contributed by atoms with Crippen LogP contribution in [0.15, 0.2) is 67.4 Å². The molecule has 0 saturated carbocycles. The maximum Gasteiger partial charge on any atom is 0.275 e. The zero-order valence-corrected chi connectivity index (χ0v) is 36.2. The minimum Gasteiger partial charge on any atom is -0.494 e. The SMILES string of the molecule is COc1cnc(-n2cnc(-c3ccc4c(c3)c(N3C[C@@H](C)n5c(c(CCCOc6cc(C)c(Cl)c(C)c6)c6ccc(Cl)c(-c7c(C)nn(C)c7C)c65)C3=O)cn4C)n2)nc1. The third-order valence-electron chi connectivity index (χ3n) is 11.6. The fraction of sp³-hybridized carbons (Fsp3) is 0.289. The molecule has 8 aromatic rings. The van der Waals surface area contributed by atoms with Crippen LogP contribution >= 0.6 is 23.2 Å². The average molecular weight is 844 g/mol. The maximum absolute atomic E-state index is 15.4. The van der Waals surface area contributed by atoms with Crippen molar-refractivity contribution in [1.29, 1.82) is 0 Å². The van der Waals surface area contributed by atoms with E-state index in [1.54, 1.807) is 25.8 Å². The molecule has 3 aromatic carbocycles. The Morgan fingerprint density at radius 3 is 2.33 bits per heavy atom. The van der Waals surface area contributed by atoms with Gasteiger partial charge in [0.1, 0.15) is 17.8 Å². The number of hydrogen-bond acceptors (Lipinski definition) is 8. The summed E-state index contributed by atoms with van der Waals surface area (Å²) in [5, 5.41) is 12.7. The summed E-state index contributed by atoms with van der Waals surface area (Å²) in [6, 6.07) is 13.9. The monoisotopic (exact) mass is 842 g/mol. The van der Waals surface area contributed by atoms with Crippen molar-refractivity contribution in [2.24, 2.45) is 14.1 Å². The standard InChI is InChI=1S/C45H44Cl2N10O3/c1-24-16-30(17-25(2)40(24)47)60-15-9-10-32-33-12-13-35(46)39(38-27(4)51-54(7)28(38)5)41(33)57-26(3)21-55(44(58)42(32)57)37-22-53(6)36-14-11-29(18-34(36)37)43-50-23-56(52-43)45-48-19-31(59-8)20-49-45/h11-14,16-20,22-23,26H,9-10,15,21H2,1-8H3/t26-/m1/s1. The lowest BCUT2D eigenvalue weighted by molar-refractivity contribution is 0.0957. The highest BCUT2D eigenvalue weighted by Crippen LogP contribution is 2.46. The van der Waals surface area contributed by atoms with Crippen molar-refractivity contribution in [3.8, 4) is 40.0 Å². The maximum atomic E-state index is 15.4. The first kappa shape index (κ1) is 39.3. The molecule has 1 aliphatic rings. The Kier molecular flexibility index (Phi) is 9.91. The van der Waals surface area contributed by atoms with Crippen molar-refractivity contribution >= 4 is 56.6 Å². The second-order valence-corrected chi connectivity index (χ2v) is 16.4. The molecule has 0 fully saturated rings. The molecular formula is C45H44Cl2N10O3. The Labute approximate surface area is 357 Å². The average Bonchev–Trinajstić information content (AvgIpc) is 4.00. The van der Waals surface area contributed by atoms with E-state index in [1.807, 2.05) is 87.0 Å². The highest BCUT2D eigenvalue weighted by molar-refractivity contribution is 6.35. The molecule has 0 unspecified atom stereocenters. The Morgan fingerprint density at radius 2 is 1.63 bits per heavy atom. The molecule has 0 N–H and O–H groups in total. The lowest BCUT2D eigenvalue weighted by Gasteiger charge is -2.34. The summed E-state index contributed by atoms with van der Waals surface area (Å²) in [4.78, 5) is 30.6. The molecule has 60 heavy (non-hydrogen) atoms. The summed E-state index contributed by atoms with van der Waals surface area (Å²) in [5.41, 5.74) is 10.8. The predicted molar refractivity (Wildman–Crippen MR) is 235 cm³/mol. The van der Waals surface area contributed by atoms with Gasteiger partial charge in [-0.1, -0.05) is 29.3 Å². The van der Waals surface area contributed by atoms with Crippen molar-refractivity contribution in [1.82, 2.24) is 43.6 Å². The highest BCUT2D eigenvalue weighted by atomic mass is 35.5. The van der Waals surface area contributed by atoms with Gasteiger partial charge in [0, 0.05) is 76.6 Å². The fourth-order valence-electron chi connectivity index (χ4n) is 8.69. The van der Waals surface area contributed by atoms with Gasteiger partial charge in [-0.25, -0.2) is 15.0 Å². The van der Waals surface area contributed by atoms with Crippen LogP contribution in [0.5, 0.6) is 11.5 Å². The Morgan fingerprint density at radius 1 is 0.883 bits per heavy atom. The number of nitrogens with zero attached hydrogens (tertiary/aromatic N) is 10. The van der Waals surface area contributed by atoms with Crippen LogP contribution in [0.3, 0.4) is 0 Å². The molecule has 0 aliphatic carbocycles. The molecule has 0 saturated heterocycles. The third-order valence-corrected chi connectivity index (χ3v) is 12.5. The van der Waals surface area contributed by atoms with E-state index in [4.69, 9.17) is 42.9 Å². The fourth-order valence-corrected chi connectivity index (χ4v) is 9.04. The van der Waals surface area contributed by atoms with Crippen LogP contribution in [0.1, 0.15) is 58.0 Å². The topological polar surface area (TPSA) is 123 Å². The van der Waals surface area contributed by atoms with Crippen LogP contribution in [0.2, 0.25) is 10.0 Å². The number of amides is 1. The second kappa shape index (κ2) is 15.1. The van der Waals surface area contributed by atoms with Crippen molar-refractivity contribution in [2.45, 2.75) is 53.5 Å². The van der Waals surface area contributed by atoms with Gasteiger partial charge in [-0.15, -0.1) is 5.10 Å². The molecule has 0 spiro atoms. The van der Waals surface area contributed by atoms with Crippen LogP contribution in [-0.2, 0) is 20.5 Å². The minimum atomic E-state index is -0.111. The number of benzene rings is 3. The second-order valence-electron chi connectivity index (χ2n) is 15.6. The van der Waals surface area contributed by atoms with Crippen LogP contribution in [0.25, 0.3) is 50.3 Å². The van der Waals surface area contributed by atoms with E-state index in [2.05, 4.69) is 44.0 Å². The van der Waals surface area contributed by atoms with E-state index < -0.39 is 0 Å². The van der Waals surface area contributed by atoms with Gasteiger partial charge in [-0.05, 0) is 101 Å². The molecule has 13 nitrogen and oxygen atoms in total. The summed E-state index contributed by atoms with van der Waals surface area (Å²) in [5.74, 6) is 2.12. The zero-order chi connectivity index (χ0) is 42.1. The van der Waals surface area contributed by atoms with Gasteiger partial charge < -0.3 is 23.5 Å². The molecule has 1 atom stereocenters. The Hall–Kier alpha value is -6.18. The van der Waals surface area contributed by atoms with Crippen molar-refractivity contribution in [2.75, 3.05) is 25.2 Å². The van der Waals surface area contributed by atoms with Gasteiger partial charge in [0.05, 0.1) is 48.0 Å². The zero-order valence-electron chi connectivity index (χ0n) is 34.7. The lowest BCUT2D eigenvalue weighted by Crippen LogP contribution is -2.42. The van der Waals surface area contributed by atoms with E-state index in [9.17, 15) is 0 Å². The summed E-state index contributed by atoms with van der Waals surface area (Å²) < 4.78 is 19.2. The number of aryl methyl sites for hydroxylation is 6. The molecule has 15 heteroatoms. The molecule has 0 bridgehead atoms. The molecule has 0 radical (unpaired) electrons. The molecule has 1 aliphatic heterocycles. The Bertz CT molecular complexity index is 2970. The number of halogens is 2. The number of aromatic nitrogens is 9. The van der Waals surface area contributed by atoms with E-state index in [1.165, 1.54) is 4.68 Å². The summed E-state index contributed by atoms with van der Waals surface area (Å²) in [7, 11) is 5.51. The van der Waals surface area contributed by atoms with Crippen LogP contribution in [0.4, 0.5) is 5.69 Å². The van der Waals surface area contributed by atoms with Crippen LogP contribution in [0, 0.1) is 27.7 Å². The van der Waals surface area contributed by atoms with Gasteiger partial charge >= 0.3 is 0 Å². The van der Waals surface area contributed by atoms with Gasteiger partial charge in [0.15, 0.2) is 11.6 Å². The largest absolute Gasteiger partial charge is 0.494 e. The first-order chi connectivity index (χ1) is 28.8. The van der Waals surface area contributed by atoms with E-state index in [-0.39, 0.29) is 11.9 Å². The minimum absolute atomic E-state index is 0.0807. The number of rotatable bonds is 10. The van der Waals surface area contributed by atoms with Gasteiger partial charge in [-0.3, -0.25) is 9.48 Å². The number of hydrogen-bond donors (Lipinski definition) is 0. The normalized spacial score (nSPS) is 14.1. The van der Waals surface area contributed by atoms with Crippen molar-refractivity contribution in [3.63, 3.8) is 0 Å². The smallest absolute Gasteiger partial charge is 0.275 e. The van der Waals surface area contributed by atoms with Crippen molar-refractivity contribution < 1.29 is 14.3 Å². The van der Waals surface area contributed by atoms with Gasteiger partial charge in [0.2, 0.25) is 0 Å². The molecule has 6 heterocycles. The first-order valence-corrected chi connectivity index (χ1v) is 20.5. The summed E-state index contributed by atoms with van der Waals surface area (Å²) in [6.07, 6.45) is 8.07. The molecule has 5 aromatic heterocycles. The molecule has 9 rings (SSSR count). The number of fused-ring (bicyclic) bond motifs is 4. The van der Waals surface area contributed by atoms with E-state index in [0.29, 0.717) is 54.2 Å². The Balaban J connectivity index is 1.13. The summed E-state index contributed by atoms with van der Waals surface area (Å²) in [6.45, 7) is 11.1. The predicted octanol–water partition coefficient (Wildman–Crippen LogP) is 9.35. The number of carbonyl (C=O) groups excluding carboxylic acids is 1. The lowest BCUT2D eigenvalue weighted by atomic mass is 9.98. The number of ether oxygens (including phenoxy) is 2. The van der Waals surface area contributed by atoms with Crippen LogP contribution in [-0.4, -0.2) is 69.8 Å². The van der Waals surface area contributed by atoms with Crippen molar-refractivity contribution in [3.05, 3.63) is 111 Å². The molecule has 1 amide bonds. The number of anilines is 1. The van der Waals surface area contributed by atoms with E-state index in [0.717, 1.165) is 83.0 Å². The van der Waals surface area contributed by atoms with Crippen LogP contribution < -0.4 is 14.4 Å². The van der Waals surface area contributed by atoms with Gasteiger partial charge in [-0.2, -0.15) is 9.78 Å². The summed E-state index contributed by atoms with van der Waals surface area (Å²) >= 11 is 13.6. The molecule has 306 valence electrons. The third kappa shape index (κ3) is 6.47. The molecular weight excluding hydrogens is 799 g/mol. The quantitative estimate of drug-likeness (QED) is 0.125. The van der Waals surface area contributed by atoms with Gasteiger partial charge in [0.25, 0.3) is 11.9 Å².